The topological polar surface area (TPSA) is 62.6 Å². The van der Waals surface area contributed by atoms with Crippen LogP contribution < -0.4 is 0 Å². The molecule has 6 heteroatoms. The van der Waals surface area contributed by atoms with Gasteiger partial charge in [0, 0.05) is 54.1 Å². The van der Waals surface area contributed by atoms with Crippen LogP contribution in [0.15, 0.2) is 36.8 Å². The van der Waals surface area contributed by atoms with Crippen LogP contribution in [-0.4, -0.2) is 43.5 Å². The van der Waals surface area contributed by atoms with Crippen LogP contribution in [0.3, 0.4) is 0 Å². The second-order valence-electron chi connectivity index (χ2n) is 7.70. The summed E-state index contributed by atoms with van der Waals surface area (Å²) < 4.78 is 1.94. The van der Waals surface area contributed by atoms with Crippen LogP contribution in [-0.2, 0) is 19.5 Å². The van der Waals surface area contributed by atoms with Crippen molar-refractivity contribution < 1.29 is 0 Å². The third-order valence-electron chi connectivity index (χ3n) is 5.75. The monoisotopic (exact) mass is 372 g/mol. The van der Waals surface area contributed by atoms with E-state index in [1.54, 1.807) is 0 Å². The van der Waals surface area contributed by atoms with Gasteiger partial charge < -0.3 is 9.88 Å². The van der Waals surface area contributed by atoms with Crippen LogP contribution in [0.1, 0.15) is 23.6 Å². The summed E-state index contributed by atoms with van der Waals surface area (Å²) in [5.74, 6) is 0. The molecule has 0 unspecified atom stereocenters. The molecule has 1 N–H and O–H groups in total. The highest BCUT2D eigenvalue weighted by Gasteiger charge is 2.18. The molecule has 5 rings (SSSR count). The summed E-state index contributed by atoms with van der Waals surface area (Å²) in [6.45, 7) is 7.27. The number of hydrogen-bond donors (Lipinski definition) is 1. The largest absolute Gasteiger partial charge is 0.344 e. The Morgan fingerprint density at radius 1 is 1.14 bits per heavy atom. The molecule has 0 atom stereocenters. The molecule has 4 heterocycles. The number of hydrogen-bond acceptors (Lipinski definition) is 4. The fraction of sp³-hybridized carbons (Fsp3) is 0.318. The summed E-state index contributed by atoms with van der Waals surface area (Å²) in [5, 5.41) is 14.4. The van der Waals surface area contributed by atoms with Gasteiger partial charge in [-0.3, -0.25) is 4.68 Å². The molecule has 142 valence electrons. The maximum atomic E-state index is 4.50. The van der Waals surface area contributed by atoms with Crippen molar-refractivity contribution in [2.24, 2.45) is 0 Å². The first-order valence-electron chi connectivity index (χ1n) is 9.81. The van der Waals surface area contributed by atoms with E-state index in [-0.39, 0.29) is 0 Å². The lowest BCUT2D eigenvalue weighted by Crippen LogP contribution is -2.27. The van der Waals surface area contributed by atoms with Crippen molar-refractivity contribution in [3.63, 3.8) is 0 Å². The Bertz CT molecular complexity index is 1170. The summed E-state index contributed by atoms with van der Waals surface area (Å²) in [7, 11) is 2.18. The summed E-state index contributed by atoms with van der Waals surface area (Å²) in [5.41, 5.74) is 9.30. The molecule has 6 nitrogen and oxygen atoms in total. The number of rotatable bonds is 3. The second-order valence-corrected chi connectivity index (χ2v) is 7.70. The minimum absolute atomic E-state index is 0.803. The number of likely N-dealkylation sites (N-methyl/N-ethyl adjacent to an activating group) is 1. The quantitative estimate of drug-likeness (QED) is 0.594. The lowest BCUT2D eigenvalue weighted by atomic mass is 9.92. The lowest BCUT2D eigenvalue weighted by Gasteiger charge is -2.27. The Kier molecular flexibility index (Phi) is 4.02. The van der Waals surface area contributed by atoms with Crippen molar-refractivity contribution in [1.82, 2.24) is 29.9 Å². The highest BCUT2D eigenvalue weighted by molar-refractivity contribution is 5.94. The van der Waals surface area contributed by atoms with Gasteiger partial charge >= 0.3 is 0 Å². The number of fused-ring (bicyclic) bond motifs is 2. The van der Waals surface area contributed by atoms with Gasteiger partial charge in [-0.1, -0.05) is 0 Å². The van der Waals surface area contributed by atoms with Crippen LogP contribution in [0, 0.1) is 6.92 Å². The third kappa shape index (κ3) is 2.81. The molecular weight excluding hydrogens is 348 g/mol. The number of nitrogens with zero attached hydrogens (tertiary/aromatic N) is 5. The van der Waals surface area contributed by atoms with Gasteiger partial charge in [0.15, 0.2) is 5.65 Å². The van der Waals surface area contributed by atoms with Gasteiger partial charge in [0.25, 0.3) is 0 Å². The number of benzene rings is 1. The van der Waals surface area contributed by atoms with Crippen molar-refractivity contribution in [2.45, 2.75) is 33.4 Å². The van der Waals surface area contributed by atoms with Gasteiger partial charge in [0.2, 0.25) is 0 Å². The zero-order chi connectivity index (χ0) is 19.3. The smallest absolute Gasteiger partial charge is 0.160 e. The number of aromatic nitrogens is 5. The van der Waals surface area contributed by atoms with E-state index >= 15 is 0 Å². The first-order chi connectivity index (χ1) is 13.6. The lowest BCUT2D eigenvalue weighted by molar-refractivity contribution is 0.312. The molecule has 0 radical (unpaired) electrons. The van der Waals surface area contributed by atoms with Crippen LogP contribution in [0.5, 0.6) is 0 Å². The zero-order valence-electron chi connectivity index (χ0n) is 16.5. The van der Waals surface area contributed by atoms with E-state index in [4.69, 9.17) is 0 Å². The maximum Gasteiger partial charge on any atom is 0.160 e. The van der Waals surface area contributed by atoms with Gasteiger partial charge in [-0.2, -0.15) is 5.10 Å². The summed E-state index contributed by atoms with van der Waals surface area (Å²) in [4.78, 5) is 5.61. The number of aryl methyl sites for hydroxylation is 2. The first kappa shape index (κ1) is 17.1. The molecule has 0 bridgehead atoms. The van der Waals surface area contributed by atoms with Crippen molar-refractivity contribution in [2.75, 3.05) is 13.6 Å². The van der Waals surface area contributed by atoms with E-state index in [0.717, 1.165) is 59.5 Å². The molecule has 0 saturated heterocycles. The van der Waals surface area contributed by atoms with E-state index in [1.165, 1.54) is 16.7 Å². The fourth-order valence-corrected chi connectivity index (χ4v) is 4.19. The van der Waals surface area contributed by atoms with E-state index < -0.39 is 0 Å². The van der Waals surface area contributed by atoms with Crippen molar-refractivity contribution in [3.05, 3.63) is 53.5 Å². The maximum absolute atomic E-state index is 4.50. The minimum atomic E-state index is 0.803. The van der Waals surface area contributed by atoms with Gasteiger partial charge in [-0.05, 0) is 62.2 Å². The van der Waals surface area contributed by atoms with Crippen molar-refractivity contribution in [1.29, 1.82) is 0 Å². The van der Waals surface area contributed by atoms with E-state index in [0.29, 0.717) is 0 Å². The molecule has 0 aliphatic carbocycles. The average Bonchev–Trinajstić information content (AvgIpc) is 3.33. The number of nitrogens with one attached hydrogen (secondary N) is 1. The van der Waals surface area contributed by atoms with Crippen LogP contribution in [0.25, 0.3) is 33.4 Å². The molecule has 1 aliphatic heterocycles. The average molecular weight is 372 g/mol. The van der Waals surface area contributed by atoms with Crippen molar-refractivity contribution >= 4 is 11.0 Å². The molecule has 28 heavy (non-hydrogen) atoms. The Morgan fingerprint density at radius 3 is 2.86 bits per heavy atom. The molecule has 1 aromatic carbocycles. The van der Waals surface area contributed by atoms with Crippen LogP contribution in [0.4, 0.5) is 0 Å². The molecule has 0 spiro atoms. The van der Waals surface area contributed by atoms with E-state index in [1.807, 2.05) is 17.1 Å². The fourth-order valence-electron chi connectivity index (χ4n) is 4.19. The van der Waals surface area contributed by atoms with E-state index in [2.05, 4.69) is 70.5 Å². The molecular formula is C22H24N6. The van der Waals surface area contributed by atoms with Gasteiger partial charge in [0.1, 0.15) is 0 Å². The highest BCUT2D eigenvalue weighted by Crippen LogP contribution is 2.32. The molecule has 0 fully saturated rings. The number of H-pyrrole nitrogens is 1. The molecule has 0 amide bonds. The Labute approximate surface area is 164 Å². The molecule has 1 aliphatic rings. The predicted octanol–water partition coefficient (Wildman–Crippen LogP) is 3.80. The van der Waals surface area contributed by atoms with Crippen LogP contribution >= 0.6 is 0 Å². The Balaban J connectivity index is 1.61. The molecule has 4 aromatic rings. The summed E-state index contributed by atoms with van der Waals surface area (Å²) >= 11 is 0. The second kappa shape index (κ2) is 6.56. The third-order valence-corrected chi connectivity index (χ3v) is 5.75. The molecule has 3 aromatic heterocycles. The molecule has 0 saturated carbocycles. The highest BCUT2D eigenvalue weighted by atomic mass is 15.3. The minimum Gasteiger partial charge on any atom is -0.344 e. The Morgan fingerprint density at radius 2 is 2.04 bits per heavy atom. The zero-order valence-corrected chi connectivity index (χ0v) is 16.5. The van der Waals surface area contributed by atoms with Crippen LogP contribution in [0.2, 0.25) is 0 Å². The normalized spacial score (nSPS) is 14.5. The van der Waals surface area contributed by atoms with Crippen molar-refractivity contribution in [3.8, 4) is 22.4 Å². The Hall–Kier alpha value is -2.99. The van der Waals surface area contributed by atoms with Gasteiger partial charge in [-0.15, -0.1) is 10.2 Å². The van der Waals surface area contributed by atoms with E-state index in [9.17, 15) is 0 Å². The summed E-state index contributed by atoms with van der Waals surface area (Å²) in [6.07, 6.45) is 7.09. The standard InChI is InChI=1S/C22H24N6/c1-4-28-13-17(10-24-28)20-11-23-22-19(20)9-21(25-26-22)15-7-14(2)18-5-6-27(3)12-16(18)8-15/h7-11,13H,4-6,12H2,1-3H3,(H,23,26). The number of aromatic amines is 1. The summed E-state index contributed by atoms with van der Waals surface area (Å²) in [6, 6.07) is 6.68. The first-order valence-corrected chi connectivity index (χ1v) is 9.81. The predicted molar refractivity (Wildman–Crippen MR) is 111 cm³/mol. The van der Waals surface area contributed by atoms with Gasteiger partial charge in [0.05, 0.1) is 11.9 Å². The SMILES string of the molecule is CCn1cc(-c2c[nH]c3nnc(-c4cc(C)c5c(c4)CN(C)CC5)cc23)cn1. The van der Waals surface area contributed by atoms with Gasteiger partial charge in [-0.25, -0.2) is 0 Å².